The quantitative estimate of drug-likeness (QED) is 0.722. The molecule has 1 spiro atoms. The highest BCUT2D eigenvalue weighted by Gasteiger charge is 2.40. The molecule has 2 aromatic rings. The van der Waals surface area contributed by atoms with Crippen molar-refractivity contribution in [3.8, 4) is 0 Å². The first-order chi connectivity index (χ1) is 15.2. The summed E-state index contributed by atoms with van der Waals surface area (Å²) < 4.78 is 37.7. The molecule has 0 bridgehead atoms. The van der Waals surface area contributed by atoms with E-state index >= 15 is 0 Å². The minimum Gasteiger partial charge on any atom is -0.475 e. The van der Waals surface area contributed by atoms with E-state index in [0.29, 0.717) is 0 Å². The molecule has 1 unspecified atom stereocenters. The van der Waals surface area contributed by atoms with Crippen LogP contribution in [0.3, 0.4) is 0 Å². The van der Waals surface area contributed by atoms with Crippen LogP contribution in [0.15, 0.2) is 41.4 Å². The van der Waals surface area contributed by atoms with Crippen LogP contribution in [0.25, 0.3) is 0 Å². The van der Waals surface area contributed by atoms with E-state index in [9.17, 15) is 18.0 Å². The molecule has 1 atom stereocenters. The fourth-order valence-corrected chi connectivity index (χ4v) is 4.58. The summed E-state index contributed by atoms with van der Waals surface area (Å²) in [6, 6.07) is 5.99. The third-order valence-electron chi connectivity index (χ3n) is 5.41. The van der Waals surface area contributed by atoms with Gasteiger partial charge in [-0.1, -0.05) is 0 Å². The minimum atomic E-state index is -5.08. The van der Waals surface area contributed by atoms with Crippen molar-refractivity contribution in [1.82, 2.24) is 9.88 Å². The molecule has 32 heavy (non-hydrogen) atoms. The van der Waals surface area contributed by atoms with Crippen LogP contribution in [-0.2, 0) is 9.53 Å². The molecular weight excluding hydrogens is 447 g/mol. The van der Waals surface area contributed by atoms with Crippen LogP contribution in [0.5, 0.6) is 0 Å². The number of halogens is 3. The molecule has 174 valence electrons. The highest BCUT2D eigenvalue weighted by atomic mass is 32.1. The first kappa shape index (κ1) is 24.0. The first-order valence-electron chi connectivity index (χ1n) is 10.0. The zero-order valence-electron chi connectivity index (χ0n) is 17.3. The summed E-state index contributed by atoms with van der Waals surface area (Å²) >= 11 is 1.57. The first-order valence-corrected chi connectivity index (χ1v) is 11.0. The van der Waals surface area contributed by atoms with Crippen molar-refractivity contribution in [2.45, 2.75) is 19.0 Å². The molecule has 4 rings (SSSR count). The summed E-state index contributed by atoms with van der Waals surface area (Å²) in [7, 11) is 0. The van der Waals surface area contributed by atoms with Crippen molar-refractivity contribution in [1.29, 1.82) is 0 Å². The molecule has 0 aliphatic carbocycles. The van der Waals surface area contributed by atoms with Crippen molar-refractivity contribution in [2.24, 2.45) is 5.41 Å². The van der Waals surface area contributed by atoms with Crippen LogP contribution in [0.1, 0.15) is 23.2 Å². The van der Waals surface area contributed by atoms with Crippen LogP contribution in [0.4, 0.5) is 18.9 Å². The van der Waals surface area contributed by atoms with E-state index in [2.05, 4.69) is 16.0 Å². The van der Waals surface area contributed by atoms with Gasteiger partial charge in [0.05, 0.1) is 30.7 Å². The number of carbonyl (C=O) groups is 2. The monoisotopic (exact) mass is 471 g/mol. The second kappa shape index (κ2) is 10.3. The Morgan fingerprint density at radius 3 is 2.62 bits per heavy atom. The summed E-state index contributed by atoms with van der Waals surface area (Å²) in [4.78, 5) is 30.3. The van der Waals surface area contributed by atoms with E-state index in [-0.39, 0.29) is 11.3 Å². The van der Waals surface area contributed by atoms with Gasteiger partial charge in [0, 0.05) is 43.2 Å². The molecule has 0 saturated carbocycles. The Bertz CT molecular complexity index is 895. The molecule has 2 aromatic heterocycles. The number of likely N-dealkylation sites (tertiary alicyclic amines) is 1. The zero-order chi connectivity index (χ0) is 23.2. The number of ether oxygens (including phenoxy) is 1. The smallest absolute Gasteiger partial charge is 0.475 e. The maximum absolute atomic E-state index is 12.8. The third-order valence-corrected chi connectivity index (χ3v) is 6.09. The summed E-state index contributed by atoms with van der Waals surface area (Å²) in [5, 5.41) is 11.0. The second-order valence-electron chi connectivity index (χ2n) is 7.83. The summed E-state index contributed by atoms with van der Waals surface area (Å²) in [6.07, 6.45) is 0.753. The number of hydrogen-bond donors (Lipinski definition) is 1. The fraction of sp³-hybridized carbons (Fsp3) is 0.476. The van der Waals surface area contributed by atoms with E-state index in [0.717, 1.165) is 63.5 Å². The molecule has 2 saturated heterocycles. The molecule has 4 heterocycles. The van der Waals surface area contributed by atoms with Gasteiger partial charge in [0.25, 0.3) is 5.91 Å². The highest BCUT2D eigenvalue weighted by molar-refractivity contribution is 7.08. The zero-order valence-corrected chi connectivity index (χ0v) is 18.1. The number of alkyl halides is 3. The van der Waals surface area contributed by atoms with Gasteiger partial charge in [0.15, 0.2) is 0 Å². The molecule has 2 aliphatic heterocycles. The molecule has 2 fully saturated rings. The molecule has 1 N–H and O–H groups in total. The van der Waals surface area contributed by atoms with Gasteiger partial charge in [-0.15, -0.1) is 0 Å². The van der Waals surface area contributed by atoms with Gasteiger partial charge in [-0.2, -0.15) is 24.5 Å². The number of aromatic nitrogens is 1. The van der Waals surface area contributed by atoms with Crippen LogP contribution >= 0.6 is 11.3 Å². The third kappa shape index (κ3) is 6.19. The maximum atomic E-state index is 12.8. The topological polar surface area (TPSA) is 83.0 Å². The Morgan fingerprint density at radius 2 is 2.00 bits per heavy atom. The van der Waals surface area contributed by atoms with Gasteiger partial charge < -0.3 is 19.6 Å². The number of carboxylic acid groups (broad SMARTS) is 1. The Hall–Kier alpha value is -2.66. The summed E-state index contributed by atoms with van der Waals surface area (Å²) in [5.41, 5.74) is 1.94. The van der Waals surface area contributed by atoms with Gasteiger partial charge in [-0.25, -0.2) is 4.79 Å². The number of piperidine rings is 1. The molecule has 7 nitrogen and oxygen atoms in total. The van der Waals surface area contributed by atoms with Crippen molar-refractivity contribution in [3.05, 3.63) is 46.9 Å². The molecular formula is C21H24F3N3O4S. The van der Waals surface area contributed by atoms with E-state index < -0.39 is 12.1 Å². The SMILES string of the molecule is O=C(O)C(F)(F)F.O=C(c1ccsc1)N1CCCC2(COCCN(c3cccnc3)C2)C1. The predicted octanol–water partition coefficient (Wildman–Crippen LogP) is 3.54. The average Bonchev–Trinajstić information content (AvgIpc) is 3.23. The Labute approximate surface area is 187 Å². The van der Waals surface area contributed by atoms with Gasteiger partial charge >= 0.3 is 12.1 Å². The lowest BCUT2D eigenvalue weighted by Crippen LogP contribution is -2.52. The Morgan fingerprint density at radius 1 is 1.22 bits per heavy atom. The number of carbonyl (C=O) groups excluding carboxylic acids is 1. The van der Waals surface area contributed by atoms with E-state index in [1.807, 2.05) is 34.0 Å². The van der Waals surface area contributed by atoms with Gasteiger partial charge in [-0.05, 0) is 36.4 Å². The maximum Gasteiger partial charge on any atom is 0.490 e. The van der Waals surface area contributed by atoms with Crippen molar-refractivity contribution < 1.29 is 32.6 Å². The van der Waals surface area contributed by atoms with Crippen LogP contribution < -0.4 is 4.90 Å². The van der Waals surface area contributed by atoms with E-state index in [4.69, 9.17) is 14.6 Å². The Kier molecular flexibility index (Phi) is 7.73. The van der Waals surface area contributed by atoms with Crippen LogP contribution in [0, 0.1) is 5.41 Å². The molecule has 0 radical (unpaired) electrons. The number of pyridine rings is 1. The molecule has 2 aliphatic rings. The number of amides is 1. The lowest BCUT2D eigenvalue weighted by atomic mass is 9.80. The van der Waals surface area contributed by atoms with Crippen LogP contribution in [-0.4, -0.2) is 72.4 Å². The average molecular weight is 472 g/mol. The number of thiophene rings is 1. The lowest BCUT2D eigenvalue weighted by molar-refractivity contribution is -0.192. The summed E-state index contributed by atoms with van der Waals surface area (Å²) in [6.45, 7) is 4.81. The number of hydrogen-bond acceptors (Lipinski definition) is 6. The van der Waals surface area contributed by atoms with E-state index in [1.165, 1.54) is 0 Å². The number of carboxylic acids is 1. The number of aliphatic carboxylic acids is 1. The number of anilines is 1. The van der Waals surface area contributed by atoms with Crippen molar-refractivity contribution in [2.75, 3.05) is 44.3 Å². The van der Waals surface area contributed by atoms with Crippen molar-refractivity contribution in [3.63, 3.8) is 0 Å². The largest absolute Gasteiger partial charge is 0.490 e. The normalized spacial score (nSPS) is 21.5. The molecule has 1 amide bonds. The van der Waals surface area contributed by atoms with Gasteiger partial charge in [-0.3, -0.25) is 9.78 Å². The van der Waals surface area contributed by atoms with Gasteiger partial charge in [0.1, 0.15) is 0 Å². The Balaban J connectivity index is 0.000000360. The number of nitrogens with zero attached hydrogens (tertiary/aromatic N) is 3. The predicted molar refractivity (Wildman–Crippen MR) is 113 cm³/mol. The standard InChI is InChI=1S/C19H23N3O2S.C2HF3O2/c23-18(16-4-10-25-12-16)22-7-2-5-19(14-22)13-21(8-9-24-15-19)17-3-1-6-20-11-17;3-2(4,5)1(6)7/h1,3-4,6,10-12H,2,5,7-9,13-15H2;(H,6,7). The minimum absolute atomic E-state index is 0.00370. The lowest BCUT2D eigenvalue weighted by Gasteiger charge is -2.43. The highest BCUT2D eigenvalue weighted by Crippen LogP contribution is 2.35. The molecule has 0 aromatic carbocycles. The second-order valence-corrected chi connectivity index (χ2v) is 8.61. The van der Waals surface area contributed by atoms with Gasteiger partial charge in [0.2, 0.25) is 0 Å². The van der Waals surface area contributed by atoms with E-state index in [1.54, 1.807) is 17.5 Å². The van der Waals surface area contributed by atoms with Crippen LogP contribution in [0.2, 0.25) is 0 Å². The molecule has 11 heteroatoms. The van der Waals surface area contributed by atoms with Crippen molar-refractivity contribution >= 4 is 28.9 Å². The number of rotatable bonds is 2. The fourth-order valence-electron chi connectivity index (χ4n) is 3.95. The summed E-state index contributed by atoms with van der Waals surface area (Å²) in [5.74, 6) is -2.61.